The quantitative estimate of drug-likeness (QED) is 0.239. The molecule has 1 atom stereocenters. The molecule has 41 heavy (non-hydrogen) atoms. The molecule has 4 heterocycles. The van der Waals surface area contributed by atoms with E-state index in [9.17, 15) is 4.79 Å². The van der Waals surface area contributed by atoms with Crippen LogP contribution in [0.3, 0.4) is 0 Å². The highest BCUT2D eigenvalue weighted by Crippen LogP contribution is 2.37. The van der Waals surface area contributed by atoms with E-state index in [-0.39, 0.29) is 29.5 Å². The zero-order valence-corrected chi connectivity index (χ0v) is 23.4. The minimum atomic E-state index is -1.45. The Labute approximate surface area is 240 Å². The number of hydrogen-bond acceptors (Lipinski definition) is 8. The van der Waals surface area contributed by atoms with Crippen molar-refractivity contribution in [1.82, 2.24) is 34.6 Å². The van der Waals surface area contributed by atoms with Gasteiger partial charge in [0.05, 0.1) is 12.1 Å². The topological polar surface area (TPSA) is 125 Å². The highest BCUT2D eigenvalue weighted by atomic mass is 35.5. The molecule has 0 saturated heterocycles. The smallest absolute Gasteiger partial charge is 0.439 e. The molecule has 6 rings (SSSR count). The number of rotatable bonds is 8. The molecule has 1 unspecified atom stereocenters. The van der Waals surface area contributed by atoms with Gasteiger partial charge >= 0.3 is 5.76 Å². The van der Waals surface area contributed by atoms with Crippen molar-refractivity contribution in [3.63, 3.8) is 0 Å². The van der Waals surface area contributed by atoms with Crippen molar-refractivity contribution >= 4 is 22.8 Å². The Morgan fingerprint density at radius 2 is 1.98 bits per heavy atom. The number of nitrogens with zero attached hydrogens (tertiary/aromatic N) is 6. The third-order valence-corrected chi connectivity index (χ3v) is 7.92. The molecule has 1 saturated carbocycles. The lowest BCUT2D eigenvalue weighted by Gasteiger charge is -2.27. The van der Waals surface area contributed by atoms with E-state index in [0.717, 1.165) is 31.2 Å². The summed E-state index contributed by atoms with van der Waals surface area (Å²) in [4.78, 5) is 32.5. The molecule has 1 fully saturated rings. The maximum Gasteiger partial charge on any atom is 0.439 e. The highest BCUT2D eigenvalue weighted by molar-refractivity contribution is 6.30. The largest absolute Gasteiger partial charge is 0.496 e. The fourth-order valence-electron chi connectivity index (χ4n) is 5.58. The van der Waals surface area contributed by atoms with Gasteiger partial charge < -0.3 is 9.30 Å². The Kier molecular flexibility index (Phi) is 7.53. The molecule has 212 valence electrons. The first-order chi connectivity index (χ1) is 19.9. The lowest BCUT2D eigenvalue weighted by molar-refractivity contribution is 0.253. The standard InChI is InChI=1S/C29H29ClFN7O3/c1-16-7-9-17(10-8-16)15-38-24-23(19-11-20(30)14-32-13-19)33-26(27-36-29(39)41-37-27)34-25(24)35-28(38)21(31)12-18-5-3-4-6-22(18)40-2/h3-6,11,13-14,16-17,21H,7-10,12,15H2,1-2H3,(H,36,37,39)/t16-,17-,21?. The monoisotopic (exact) mass is 577 g/mol. The van der Waals surface area contributed by atoms with Crippen LogP contribution in [-0.4, -0.2) is 41.8 Å². The van der Waals surface area contributed by atoms with E-state index >= 15 is 4.39 Å². The van der Waals surface area contributed by atoms with Crippen molar-refractivity contribution in [2.75, 3.05) is 7.11 Å². The molecule has 0 bridgehead atoms. The first kappa shape index (κ1) is 27.1. The molecule has 10 nitrogen and oxygen atoms in total. The fraction of sp³-hybridized carbons (Fsp3) is 0.379. The van der Waals surface area contributed by atoms with Crippen molar-refractivity contribution in [3.8, 4) is 28.7 Å². The van der Waals surface area contributed by atoms with Gasteiger partial charge in [0, 0.05) is 30.9 Å². The summed E-state index contributed by atoms with van der Waals surface area (Å²) >= 11 is 6.31. The number of para-hydroxylation sites is 1. The van der Waals surface area contributed by atoms with Crippen LogP contribution in [0.1, 0.15) is 50.2 Å². The molecule has 0 aliphatic heterocycles. The van der Waals surface area contributed by atoms with Gasteiger partial charge in [0.1, 0.15) is 22.8 Å². The summed E-state index contributed by atoms with van der Waals surface area (Å²) in [5.41, 5.74) is 2.63. The molecule has 12 heteroatoms. The van der Waals surface area contributed by atoms with Gasteiger partial charge in [0.25, 0.3) is 0 Å². The molecule has 0 spiro atoms. The number of H-pyrrole nitrogens is 1. The molecule has 1 aliphatic rings. The summed E-state index contributed by atoms with van der Waals surface area (Å²) in [6.45, 7) is 2.84. The van der Waals surface area contributed by atoms with Crippen LogP contribution in [-0.2, 0) is 13.0 Å². The average Bonchev–Trinajstić information content (AvgIpc) is 3.57. The fourth-order valence-corrected chi connectivity index (χ4v) is 5.75. The van der Waals surface area contributed by atoms with E-state index in [1.165, 1.54) is 6.20 Å². The number of halogens is 2. The van der Waals surface area contributed by atoms with Crippen LogP contribution < -0.4 is 10.5 Å². The maximum absolute atomic E-state index is 16.4. The third-order valence-electron chi connectivity index (χ3n) is 7.71. The maximum atomic E-state index is 16.4. The number of nitrogens with one attached hydrogen (secondary N) is 1. The van der Waals surface area contributed by atoms with Crippen LogP contribution in [0, 0.1) is 11.8 Å². The number of fused-ring (bicyclic) bond motifs is 1. The van der Waals surface area contributed by atoms with Gasteiger partial charge in [-0.25, -0.2) is 24.1 Å². The van der Waals surface area contributed by atoms with Gasteiger partial charge in [-0.3, -0.25) is 14.5 Å². The van der Waals surface area contributed by atoms with Gasteiger partial charge in [0.2, 0.25) is 11.6 Å². The zero-order chi connectivity index (χ0) is 28.5. The predicted molar refractivity (Wildman–Crippen MR) is 151 cm³/mol. The van der Waals surface area contributed by atoms with Gasteiger partial charge in [-0.05, 0) is 42.4 Å². The number of aromatic amines is 1. The molecule has 0 radical (unpaired) electrons. The Hall–Kier alpha value is -4.12. The average molecular weight is 578 g/mol. The van der Waals surface area contributed by atoms with E-state index in [0.29, 0.717) is 45.9 Å². The minimum absolute atomic E-state index is 0.0383. The summed E-state index contributed by atoms with van der Waals surface area (Å²) in [7, 11) is 1.57. The number of aromatic nitrogens is 7. The van der Waals surface area contributed by atoms with Gasteiger partial charge in [-0.15, -0.1) is 0 Å². The van der Waals surface area contributed by atoms with Crippen molar-refractivity contribution in [1.29, 1.82) is 0 Å². The van der Waals surface area contributed by atoms with Crippen molar-refractivity contribution in [2.24, 2.45) is 11.8 Å². The van der Waals surface area contributed by atoms with Crippen LogP contribution in [0.15, 0.2) is 52.0 Å². The van der Waals surface area contributed by atoms with E-state index < -0.39 is 11.9 Å². The number of pyridine rings is 1. The van der Waals surface area contributed by atoms with Crippen LogP contribution in [0.25, 0.3) is 34.1 Å². The number of hydrogen-bond donors (Lipinski definition) is 1. The number of alkyl halides is 1. The van der Waals surface area contributed by atoms with Crippen molar-refractivity contribution in [3.05, 3.63) is 69.7 Å². The van der Waals surface area contributed by atoms with Gasteiger partial charge in [0.15, 0.2) is 11.8 Å². The SMILES string of the molecule is COc1ccccc1CC(F)c1nc2nc(-c3noc(=O)[nH]3)nc(-c3cncc(Cl)c3)c2n1C[C@H]1CC[C@H](C)CC1. The third kappa shape index (κ3) is 5.58. The molecule has 1 aromatic carbocycles. The second-order valence-corrected chi connectivity index (χ2v) is 11.0. The summed E-state index contributed by atoms with van der Waals surface area (Å²) in [5.74, 6) is 1.26. The normalized spacial score (nSPS) is 18.0. The lowest BCUT2D eigenvalue weighted by atomic mass is 9.83. The van der Waals surface area contributed by atoms with Crippen LogP contribution in [0.5, 0.6) is 5.75 Å². The second kappa shape index (κ2) is 11.4. The Morgan fingerprint density at radius 1 is 1.17 bits per heavy atom. The van der Waals surface area contributed by atoms with Crippen molar-refractivity contribution < 1.29 is 13.7 Å². The Balaban J connectivity index is 1.54. The van der Waals surface area contributed by atoms with E-state index in [1.807, 2.05) is 28.8 Å². The van der Waals surface area contributed by atoms with Crippen molar-refractivity contribution in [2.45, 2.75) is 51.7 Å². The van der Waals surface area contributed by atoms with E-state index in [4.69, 9.17) is 26.3 Å². The number of ether oxygens (including phenoxy) is 1. The lowest BCUT2D eigenvalue weighted by Crippen LogP contribution is -2.20. The molecule has 1 N–H and O–H groups in total. The second-order valence-electron chi connectivity index (χ2n) is 10.6. The summed E-state index contributed by atoms with van der Waals surface area (Å²) in [6.07, 6.45) is 6.09. The molecule has 0 amide bonds. The minimum Gasteiger partial charge on any atom is -0.496 e. The van der Waals surface area contributed by atoms with Crippen LogP contribution in [0.2, 0.25) is 5.02 Å². The first-order valence-corrected chi connectivity index (χ1v) is 14.0. The highest BCUT2D eigenvalue weighted by Gasteiger charge is 2.29. The van der Waals surface area contributed by atoms with E-state index in [1.54, 1.807) is 19.4 Å². The predicted octanol–water partition coefficient (Wildman–Crippen LogP) is 5.97. The summed E-state index contributed by atoms with van der Waals surface area (Å²) in [6, 6.07) is 9.10. The van der Waals surface area contributed by atoms with Gasteiger partial charge in [-0.2, -0.15) is 0 Å². The Bertz CT molecular complexity index is 1740. The Morgan fingerprint density at radius 3 is 2.71 bits per heavy atom. The molecular weight excluding hydrogens is 549 g/mol. The molecular formula is C29H29ClFN7O3. The number of imidazole rings is 1. The van der Waals surface area contributed by atoms with E-state index in [2.05, 4.69) is 31.6 Å². The van der Waals surface area contributed by atoms with Crippen LogP contribution in [0.4, 0.5) is 4.39 Å². The zero-order valence-electron chi connectivity index (χ0n) is 22.7. The number of methoxy groups -OCH3 is 1. The van der Waals surface area contributed by atoms with Crippen LogP contribution >= 0.6 is 11.6 Å². The molecule has 1 aliphatic carbocycles. The molecule has 4 aromatic heterocycles. The van der Waals surface area contributed by atoms with Gasteiger partial charge in [-0.1, -0.05) is 54.7 Å². The summed E-state index contributed by atoms with van der Waals surface area (Å²) in [5, 5.41) is 4.17. The number of benzene rings is 1. The first-order valence-electron chi connectivity index (χ1n) is 13.6. The summed E-state index contributed by atoms with van der Waals surface area (Å²) < 4.78 is 28.5. The molecule has 5 aromatic rings.